The van der Waals surface area contributed by atoms with E-state index < -0.39 is 6.09 Å². The van der Waals surface area contributed by atoms with Gasteiger partial charge in [0.2, 0.25) is 0 Å². The van der Waals surface area contributed by atoms with Gasteiger partial charge in [-0.1, -0.05) is 12.8 Å². The molecule has 0 aliphatic heterocycles. The van der Waals surface area contributed by atoms with Gasteiger partial charge in [0.15, 0.2) is 0 Å². The number of amides is 1. The molecule has 0 spiro atoms. The highest BCUT2D eigenvalue weighted by atomic mass is 16.6. The van der Waals surface area contributed by atoms with Gasteiger partial charge in [0.25, 0.3) is 0 Å². The van der Waals surface area contributed by atoms with E-state index in [1.165, 1.54) is 0 Å². The number of alkyl carbamates (subject to hydrolysis) is 1. The SMILES string of the molecule is O=C(NCC1CCCCC1O)OCCO. The standard InChI is InChI=1S/C10H19NO4/c12-5-6-15-10(14)11-7-8-3-1-2-4-9(8)13/h8-9,12-13H,1-7H2,(H,11,14). The summed E-state index contributed by atoms with van der Waals surface area (Å²) in [5.74, 6) is 0.139. The van der Waals surface area contributed by atoms with Crippen LogP contribution in [0.15, 0.2) is 0 Å². The number of hydrogen-bond donors (Lipinski definition) is 3. The van der Waals surface area contributed by atoms with Gasteiger partial charge in [0.1, 0.15) is 6.61 Å². The molecular formula is C10H19NO4. The van der Waals surface area contributed by atoms with Crippen LogP contribution in [0.3, 0.4) is 0 Å². The Balaban J connectivity index is 2.14. The molecule has 0 heterocycles. The summed E-state index contributed by atoms with van der Waals surface area (Å²) in [6.07, 6.45) is 3.10. The normalized spacial score (nSPS) is 26.0. The molecule has 1 amide bonds. The van der Waals surface area contributed by atoms with Gasteiger partial charge in [-0.05, 0) is 12.8 Å². The van der Waals surface area contributed by atoms with E-state index in [9.17, 15) is 9.90 Å². The van der Waals surface area contributed by atoms with Gasteiger partial charge >= 0.3 is 6.09 Å². The summed E-state index contributed by atoms with van der Waals surface area (Å²) >= 11 is 0. The van der Waals surface area contributed by atoms with Crippen LogP contribution in [-0.4, -0.2) is 42.2 Å². The van der Waals surface area contributed by atoms with Crippen LogP contribution in [0.5, 0.6) is 0 Å². The fraction of sp³-hybridized carbons (Fsp3) is 0.900. The van der Waals surface area contributed by atoms with Crippen molar-refractivity contribution in [3.05, 3.63) is 0 Å². The Kier molecular flexibility index (Phi) is 5.42. The molecule has 1 fully saturated rings. The maximum absolute atomic E-state index is 11.0. The highest BCUT2D eigenvalue weighted by Gasteiger charge is 2.23. The van der Waals surface area contributed by atoms with E-state index in [4.69, 9.17) is 5.11 Å². The van der Waals surface area contributed by atoms with Crippen molar-refractivity contribution in [3.8, 4) is 0 Å². The number of nitrogens with one attached hydrogen (secondary N) is 1. The lowest BCUT2D eigenvalue weighted by Gasteiger charge is -2.27. The molecule has 1 rings (SSSR count). The van der Waals surface area contributed by atoms with Crippen LogP contribution in [0.4, 0.5) is 4.79 Å². The number of carbonyl (C=O) groups excluding carboxylic acids is 1. The van der Waals surface area contributed by atoms with Crippen LogP contribution in [0.2, 0.25) is 0 Å². The fourth-order valence-electron chi connectivity index (χ4n) is 1.83. The molecule has 3 N–H and O–H groups in total. The second-order valence-corrected chi connectivity index (χ2v) is 3.85. The minimum Gasteiger partial charge on any atom is -0.447 e. The Morgan fingerprint density at radius 1 is 1.40 bits per heavy atom. The van der Waals surface area contributed by atoms with E-state index in [-0.39, 0.29) is 25.2 Å². The van der Waals surface area contributed by atoms with Crippen molar-refractivity contribution in [2.45, 2.75) is 31.8 Å². The number of aliphatic hydroxyl groups is 2. The summed E-state index contributed by atoms with van der Waals surface area (Å²) in [6, 6.07) is 0. The lowest BCUT2D eigenvalue weighted by molar-refractivity contribution is 0.0664. The topological polar surface area (TPSA) is 78.8 Å². The molecule has 0 aromatic rings. The van der Waals surface area contributed by atoms with E-state index in [2.05, 4.69) is 10.1 Å². The molecule has 15 heavy (non-hydrogen) atoms. The van der Waals surface area contributed by atoms with Crippen molar-refractivity contribution in [2.24, 2.45) is 5.92 Å². The van der Waals surface area contributed by atoms with Crippen LogP contribution < -0.4 is 5.32 Å². The predicted molar refractivity (Wildman–Crippen MR) is 54.4 cm³/mol. The first-order valence-electron chi connectivity index (χ1n) is 5.43. The quantitative estimate of drug-likeness (QED) is 0.631. The van der Waals surface area contributed by atoms with Crippen LogP contribution >= 0.6 is 0 Å². The maximum Gasteiger partial charge on any atom is 0.407 e. The van der Waals surface area contributed by atoms with Gasteiger partial charge < -0.3 is 20.3 Å². The predicted octanol–water partition coefficient (Wildman–Crippen LogP) is 0.256. The van der Waals surface area contributed by atoms with Gasteiger partial charge in [0.05, 0.1) is 12.7 Å². The highest BCUT2D eigenvalue weighted by molar-refractivity contribution is 5.67. The minimum atomic E-state index is -0.526. The first-order chi connectivity index (χ1) is 7.24. The van der Waals surface area contributed by atoms with Crippen molar-refractivity contribution >= 4 is 6.09 Å². The third-order valence-corrected chi connectivity index (χ3v) is 2.70. The van der Waals surface area contributed by atoms with Gasteiger partial charge in [-0.3, -0.25) is 0 Å². The number of hydrogen-bond acceptors (Lipinski definition) is 4. The first kappa shape index (κ1) is 12.3. The largest absolute Gasteiger partial charge is 0.447 e. The van der Waals surface area contributed by atoms with Crippen molar-refractivity contribution < 1.29 is 19.7 Å². The van der Waals surface area contributed by atoms with Crippen LogP contribution in [0.1, 0.15) is 25.7 Å². The van der Waals surface area contributed by atoms with E-state index >= 15 is 0 Å². The Bertz CT molecular complexity index is 198. The van der Waals surface area contributed by atoms with Crippen molar-refractivity contribution in [1.82, 2.24) is 5.32 Å². The number of ether oxygens (including phenoxy) is 1. The molecule has 0 aromatic carbocycles. The smallest absolute Gasteiger partial charge is 0.407 e. The van der Waals surface area contributed by atoms with E-state index in [0.29, 0.717) is 6.54 Å². The molecule has 5 heteroatoms. The summed E-state index contributed by atoms with van der Waals surface area (Å²) in [6.45, 7) is 0.296. The van der Waals surface area contributed by atoms with Crippen LogP contribution in [0, 0.1) is 5.92 Å². The van der Waals surface area contributed by atoms with Gasteiger partial charge in [-0.15, -0.1) is 0 Å². The molecule has 88 valence electrons. The monoisotopic (exact) mass is 217 g/mol. The Hall–Kier alpha value is -0.810. The summed E-state index contributed by atoms with van der Waals surface area (Å²) in [5, 5.41) is 20.6. The van der Waals surface area contributed by atoms with Crippen LogP contribution in [0.25, 0.3) is 0 Å². The zero-order chi connectivity index (χ0) is 11.1. The maximum atomic E-state index is 11.0. The number of rotatable bonds is 4. The minimum absolute atomic E-state index is 0.0129. The second kappa shape index (κ2) is 6.63. The second-order valence-electron chi connectivity index (χ2n) is 3.85. The zero-order valence-corrected chi connectivity index (χ0v) is 8.82. The van der Waals surface area contributed by atoms with Crippen LogP contribution in [-0.2, 0) is 4.74 Å². The molecule has 1 aliphatic rings. The Morgan fingerprint density at radius 3 is 2.80 bits per heavy atom. The molecule has 0 radical (unpaired) electrons. The third-order valence-electron chi connectivity index (χ3n) is 2.70. The van der Waals surface area contributed by atoms with Gasteiger partial charge in [-0.2, -0.15) is 0 Å². The zero-order valence-electron chi connectivity index (χ0n) is 8.82. The van der Waals surface area contributed by atoms with Crippen molar-refractivity contribution in [1.29, 1.82) is 0 Å². The lowest BCUT2D eigenvalue weighted by Crippen LogP contribution is -2.37. The van der Waals surface area contributed by atoms with Gasteiger partial charge in [0, 0.05) is 12.5 Å². The molecule has 5 nitrogen and oxygen atoms in total. The summed E-state index contributed by atoms with van der Waals surface area (Å²) < 4.78 is 4.64. The number of aliphatic hydroxyl groups excluding tert-OH is 2. The average Bonchev–Trinajstić information content (AvgIpc) is 2.25. The molecule has 0 bridgehead atoms. The van der Waals surface area contributed by atoms with Gasteiger partial charge in [-0.25, -0.2) is 4.79 Å². The summed E-state index contributed by atoms with van der Waals surface area (Å²) in [5.41, 5.74) is 0. The molecule has 0 saturated heterocycles. The van der Waals surface area contributed by atoms with Crippen molar-refractivity contribution in [3.63, 3.8) is 0 Å². The Morgan fingerprint density at radius 2 is 2.13 bits per heavy atom. The summed E-state index contributed by atoms with van der Waals surface area (Å²) in [7, 11) is 0. The molecule has 2 atom stereocenters. The third kappa shape index (κ3) is 4.48. The molecule has 1 aliphatic carbocycles. The van der Waals surface area contributed by atoms with Crippen molar-refractivity contribution in [2.75, 3.05) is 19.8 Å². The average molecular weight is 217 g/mol. The van der Waals surface area contributed by atoms with E-state index in [1.807, 2.05) is 0 Å². The first-order valence-corrected chi connectivity index (χ1v) is 5.43. The molecular weight excluding hydrogens is 198 g/mol. The Labute approximate surface area is 89.4 Å². The molecule has 0 aromatic heterocycles. The number of carbonyl (C=O) groups is 1. The molecule has 2 unspecified atom stereocenters. The fourth-order valence-corrected chi connectivity index (χ4v) is 1.83. The summed E-state index contributed by atoms with van der Waals surface area (Å²) in [4.78, 5) is 11.0. The lowest BCUT2D eigenvalue weighted by atomic mass is 9.86. The van der Waals surface area contributed by atoms with E-state index in [0.717, 1.165) is 25.7 Å². The van der Waals surface area contributed by atoms with E-state index in [1.54, 1.807) is 0 Å². The molecule has 1 saturated carbocycles. The highest BCUT2D eigenvalue weighted by Crippen LogP contribution is 2.23.